The molecule has 3 N–H and O–H groups in total. The third-order valence-corrected chi connectivity index (χ3v) is 4.15. The van der Waals surface area contributed by atoms with E-state index in [9.17, 15) is 22.4 Å². The monoisotopic (exact) mass is 427 g/mol. The molecule has 0 bridgehead atoms. The number of hydrogen-bond acceptors (Lipinski definition) is 2. The van der Waals surface area contributed by atoms with Gasteiger partial charge in [-0.2, -0.15) is 13.2 Å². The van der Waals surface area contributed by atoms with Gasteiger partial charge < -0.3 is 11.1 Å². The van der Waals surface area contributed by atoms with Crippen molar-refractivity contribution in [3.05, 3.63) is 101 Å². The maximum absolute atomic E-state index is 14.0. The number of anilines is 1. The minimum atomic E-state index is -4.55. The first-order valence-corrected chi connectivity index (χ1v) is 9.08. The summed E-state index contributed by atoms with van der Waals surface area (Å²) in [5.41, 5.74) is 5.80. The zero-order valence-electron chi connectivity index (χ0n) is 16.0. The molecule has 0 aliphatic heterocycles. The lowest BCUT2D eigenvalue weighted by molar-refractivity contribution is -0.137. The molecule has 0 aliphatic carbocycles. The smallest absolute Gasteiger partial charge is 0.383 e. The van der Waals surface area contributed by atoms with E-state index in [1.165, 1.54) is 24.3 Å². The Morgan fingerprint density at radius 3 is 2.35 bits per heavy atom. The molecule has 0 saturated carbocycles. The Hall–Kier alpha value is -3.94. The third kappa shape index (κ3) is 6.02. The van der Waals surface area contributed by atoms with Crippen molar-refractivity contribution in [1.82, 2.24) is 0 Å². The van der Waals surface area contributed by atoms with E-state index in [1.807, 2.05) is 6.07 Å². The van der Waals surface area contributed by atoms with Crippen LogP contribution in [0.4, 0.5) is 28.9 Å². The summed E-state index contributed by atoms with van der Waals surface area (Å²) in [4.78, 5) is 16.3. The lowest BCUT2D eigenvalue weighted by atomic mass is 10.1. The van der Waals surface area contributed by atoms with Crippen LogP contribution >= 0.6 is 0 Å². The van der Waals surface area contributed by atoms with Crippen LogP contribution in [0.15, 0.2) is 83.9 Å². The molecule has 4 nitrogen and oxygen atoms in total. The fourth-order valence-corrected chi connectivity index (χ4v) is 2.77. The maximum Gasteiger partial charge on any atom is 0.416 e. The van der Waals surface area contributed by atoms with E-state index in [0.29, 0.717) is 5.56 Å². The summed E-state index contributed by atoms with van der Waals surface area (Å²) in [6.45, 7) is 0. The molecular formula is C23H17F4N3O. The van der Waals surface area contributed by atoms with Crippen molar-refractivity contribution in [3.8, 4) is 0 Å². The number of nitrogens with two attached hydrogens (primary N) is 1. The molecule has 0 unspecified atom stereocenters. The Morgan fingerprint density at radius 2 is 1.65 bits per heavy atom. The molecule has 0 aromatic heterocycles. The van der Waals surface area contributed by atoms with Crippen LogP contribution < -0.4 is 11.1 Å². The van der Waals surface area contributed by atoms with Crippen LogP contribution in [0.2, 0.25) is 0 Å². The number of benzene rings is 3. The highest BCUT2D eigenvalue weighted by Crippen LogP contribution is 2.32. The normalized spacial score (nSPS) is 12.2. The van der Waals surface area contributed by atoms with E-state index in [2.05, 4.69) is 10.3 Å². The van der Waals surface area contributed by atoms with Gasteiger partial charge in [-0.05, 0) is 35.9 Å². The van der Waals surface area contributed by atoms with Crippen LogP contribution in [0.1, 0.15) is 16.7 Å². The highest BCUT2D eigenvalue weighted by atomic mass is 19.4. The number of amides is 1. The molecule has 3 rings (SSSR count). The first-order valence-electron chi connectivity index (χ1n) is 9.08. The number of alkyl halides is 3. The van der Waals surface area contributed by atoms with Crippen molar-refractivity contribution < 1.29 is 22.4 Å². The van der Waals surface area contributed by atoms with Crippen LogP contribution in [0.3, 0.4) is 0 Å². The molecule has 1 amide bonds. The van der Waals surface area contributed by atoms with Gasteiger partial charge in [0, 0.05) is 17.3 Å². The summed E-state index contributed by atoms with van der Waals surface area (Å²) in [5.74, 6) is -1.23. The predicted octanol–water partition coefficient (Wildman–Crippen LogP) is 5.53. The van der Waals surface area contributed by atoms with Gasteiger partial charge in [-0.1, -0.05) is 48.5 Å². The minimum absolute atomic E-state index is 0.0818. The predicted molar refractivity (Wildman–Crippen MR) is 112 cm³/mol. The van der Waals surface area contributed by atoms with Crippen molar-refractivity contribution in [3.63, 3.8) is 0 Å². The zero-order chi connectivity index (χ0) is 22.4. The van der Waals surface area contributed by atoms with E-state index < -0.39 is 23.5 Å². The molecule has 8 heteroatoms. The number of nitrogens with one attached hydrogen (secondary N) is 1. The second-order valence-electron chi connectivity index (χ2n) is 6.47. The Balaban J connectivity index is 1.78. The quantitative estimate of drug-likeness (QED) is 0.243. The van der Waals surface area contributed by atoms with Crippen molar-refractivity contribution in [2.24, 2.45) is 10.7 Å². The second-order valence-corrected chi connectivity index (χ2v) is 6.47. The maximum atomic E-state index is 14.0. The summed E-state index contributed by atoms with van der Waals surface area (Å²) in [6, 6.07) is 17.3. The summed E-state index contributed by atoms with van der Waals surface area (Å²) in [7, 11) is 0. The molecule has 0 aliphatic rings. The summed E-state index contributed by atoms with van der Waals surface area (Å²) in [5, 5.41) is 2.41. The molecule has 0 fully saturated rings. The average molecular weight is 427 g/mol. The lowest BCUT2D eigenvalue weighted by Crippen LogP contribution is -2.12. The van der Waals surface area contributed by atoms with E-state index in [0.717, 1.165) is 30.4 Å². The number of rotatable bonds is 5. The topological polar surface area (TPSA) is 67.5 Å². The molecule has 3 aromatic rings. The SMILES string of the molecule is NC(=Nc1cc(F)cc(NC(=O)/C=C/c2ccccc2C(F)(F)F)c1)c1ccccc1. The highest BCUT2D eigenvalue weighted by Gasteiger charge is 2.32. The summed E-state index contributed by atoms with van der Waals surface area (Å²) in [6.07, 6.45) is -2.56. The van der Waals surface area contributed by atoms with Crippen LogP contribution in [-0.2, 0) is 11.0 Å². The molecule has 0 heterocycles. The first kappa shape index (κ1) is 21.8. The van der Waals surface area contributed by atoms with Gasteiger partial charge in [0.05, 0.1) is 11.3 Å². The number of carbonyl (C=O) groups is 1. The van der Waals surface area contributed by atoms with Crippen LogP contribution in [0, 0.1) is 5.82 Å². The molecule has 3 aromatic carbocycles. The standard InChI is InChI=1S/C23H17F4N3O/c24-17-12-18(14-19(13-17)30-22(28)16-7-2-1-3-8-16)29-21(31)11-10-15-6-4-5-9-20(15)23(25,26)27/h1-14H,(H2,28,30)(H,29,31)/b11-10+. The number of amidine groups is 1. The van der Waals surface area contributed by atoms with E-state index in [-0.39, 0.29) is 22.8 Å². The number of nitrogens with zero attached hydrogens (tertiary/aromatic N) is 1. The van der Waals surface area contributed by atoms with Gasteiger partial charge in [-0.3, -0.25) is 4.79 Å². The van der Waals surface area contributed by atoms with E-state index in [4.69, 9.17) is 5.73 Å². The van der Waals surface area contributed by atoms with Crippen LogP contribution in [-0.4, -0.2) is 11.7 Å². The fourth-order valence-electron chi connectivity index (χ4n) is 2.77. The van der Waals surface area contributed by atoms with E-state index in [1.54, 1.807) is 24.3 Å². The van der Waals surface area contributed by atoms with Gasteiger partial charge in [0.25, 0.3) is 0 Å². The Labute approximate surface area is 175 Å². The van der Waals surface area contributed by atoms with Crippen LogP contribution in [0.5, 0.6) is 0 Å². The van der Waals surface area contributed by atoms with Crippen molar-refractivity contribution in [2.75, 3.05) is 5.32 Å². The lowest BCUT2D eigenvalue weighted by Gasteiger charge is -2.09. The zero-order valence-corrected chi connectivity index (χ0v) is 16.0. The van der Waals surface area contributed by atoms with Gasteiger partial charge in [-0.25, -0.2) is 9.38 Å². The van der Waals surface area contributed by atoms with Gasteiger partial charge >= 0.3 is 6.18 Å². The highest BCUT2D eigenvalue weighted by molar-refractivity contribution is 6.02. The fraction of sp³-hybridized carbons (Fsp3) is 0.0435. The van der Waals surface area contributed by atoms with E-state index >= 15 is 0 Å². The number of aliphatic imine (C=N–C) groups is 1. The molecule has 0 spiro atoms. The van der Waals surface area contributed by atoms with Crippen molar-refractivity contribution >= 4 is 29.2 Å². The molecule has 0 radical (unpaired) electrons. The largest absolute Gasteiger partial charge is 0.416 e. The number of carbonyl (C=O) groups excluding carboxylic acids is 1. The average Bonchev–Trinajstić information content (AvgIpc) is 2.72. The van der Waals surface area contributed by atoms with Gasteiger partial charge in [0.1, 0.15) is 11.7 Å². The molecular weight excluding hydrogens is 410 g/mol. The molecule has 0 saturated heterocycles. The summed E-state index contributed by atoms with van der Waals surface area (Å²) >= 11 is 0. The summed E-state index contributed by atoms with van der Waals surface area (Å²) < 4.78 is 53.1. The Kier molecular flexibility index (Phi) is 6.49. The first-order chi connectivity index (χ1) is 14.7. The van der Waals surface area contributed by atoms with Crippen molar-refractivity contribution in [1.29, 1.82) is 0 Å². The number of hydrogen-bond donors (Lipinski definition) is 2. The van der Waals surface area contributed by atoms with Crippen LogP contribution in [0.25, 0.3) is 6.08 Å². The Morgan fingerprint density at radius 1 is 0.968 bits per heavy atom. The molecule has 158 valence electrons. The number of halogens is 4. The second kappa shape index (κ2) is 9.25. The van der Waals surface area contributed by atoms with Gasteiger partial charge in [-0.15, -0.1) is 0 Å². The molecule has 0 atom stereocenters. The van der Waals surface area contributed by atoms with Gasteiger partial charge in [0.2, 0.25) is 5.91 Å². The van der Waals surface area contributed by atoms with Crippen molar-refractivity contribution in [2.45, 2.75) is 6.18 Å². The molecule has 31 heavy (non-hydrogen) atoms. The third-order valence-electron chi connectivity index (χ3n) is 4.15. The minimum Gasteiger partial charge on any atom is -0.383 e. The Bertz CT molecular complexity index is 1140. The van der Waals surface area contributed by atoms with Gasteiger partial charge in [0.15, 0.2) is 0 Å².